The Morgan fingerprint density at radius 1 is 1.33 bits per heavy atom. The number of nitrogens with two attached hydrogens (primary N) is 1. The molecule has 0 heterocycles. The molecule has 1 unspecified atom stereocenters. The van der Waals surface area contributed by atoms with Crippen LogP contribution in [0.5, 0.6) is 0 Å². The summed E-state index contributed by atoms with van der Waals surface area (Å²) in [5.41, 5.74) is 6.78. The van der Waals surface area contributed by atoms with E-state index in [9.17, 15) is 4.79 Å². The van der Waals surface area contributed by atoms with Crippen molar-refractivity contribution in [2.75, 3.05) is 13.7 Å². The molecule has 1 atom stereocenters. The number of unbranched alkanes of at least 4 members (excludes halogenated alkanes) is 2. The molecule has 0 aliphatic carbocycles. The van der Waals surface area contributed by atoms with E-state index >= 15 is 0 Å². The van der Waals surface area contributed by atoms with Gasteiger partial charge in [0.1, 0.15) is 0 Å². The Bertz CT molecular complexity index is 556. The summed E-state index contributed by atoms with van der Waals surface area (Å²) in [6.07, 6.45) is 3.02. The van der Waals surface area contributed by atoms with Crippen LogP contribution < -0.4 is 11.1 Å². The third kappa shape index (κ3) is 8.94. The minimum atomic E-state index is -0.177. The van der Waals surface area contributed by atoms with Gasteiger partial charge in [-0.15, -0.1) is 24.0 Å². The van der Waals surface area contributed by atoms with Crippen LogP contribution in [-0.2, 0) is 9.53 Å². The average molecular weight is 488 g/mol. The van der Waals surface area contributed by atoms with Gasteiger partial charge in [-0.05, 0) is 37.5 Å². The number of carbonyl (C=O) groups is 1. The van der Waals surface area contributed by atoms with E-state index in [1.807, 2.05) is 13.0 Å². The Hall–Kier alpha value is -0.730. The molecule has 0 aromatic heterocycles. The topological polar surface area (TPSA) is 76.7 Å². The Balaban J connectivity index is 0.00000529. The number of guanidine groups is 1. The molecule has 0 saturated heterocycles. The Morgan fingerprint density at radius 3 is 2.67 bits per heavy atom. The fourth-order valence-electron chi connectivity index (χ4n) is 2.06. The van der Waals surface area contributed by atoms with Gasteiger partial charge in [0.2, 0.25) is 0 Å². The van der Waals surface area contributed by atoms with Crippen molar-refractivity contribution >= 4 is 59.1 Å². The van der Waals surface area contributed by atoms with E-state index in [1.54, 1.807) is 12.1 Å². The molecule has 24 heavy (non-hydrogen) atoms. The second kappa shape index (κ2) is 12.6. The minimum Gasteiger partial charge on any atom is -0.469 e. The van der Waals surface area contributed by atoms with Gasteiger partial charge in [0.25, 0.3) is 0 Å². The van der Waals surface area contributed by atoms with Crippen LogP contribution in [0.15, 0.2) is 23.2 Å². The van der Waals surface area contributed by atoms with Crippen LogP contribution in [0.3, 0.4) is 0 Å². The molecule has 1 aromatic rings. The van der Waals surface area contributed by atoms with E-state index in [1.165, 1.54) is 7.11 Å². The van der Waals surface area contributed by atoms with Gasteiger partial charge in [-0.3, -0.25) is 9.79 Å². The molecule has 8 heteroatoms. The molecular formula is C16H24Cl2IN3O2. The van der Waals surface area contributed by atoms with Crippen LogP contribution in [-0.4, -0.2) is 25.6 Å². The zero-order chi connectivity index (χ0) is 17.2. The van der Waals surface area contributed by atoms with Gasteiger partial charge in [0.05, 0.1) is 13.2 Å². The number of nitrogens with one attached hydrogen (secondary N) is 1. The van der Waals surface area contributed by atoms with Gasteiger partial charge in [-0.1, -0.05) is 35.7 Å². The lowest BCUT2D eigenvalue weighted by Crippen LogP contribution is -2.34. The summed E-state index contributed by atoms with van der Waals surface area (Å²) < 4.78 is 4.58. The fourth-order valence-corrected chi connectivity index (χ4v) is 2.63. The maximum atomic E-state index is 11.0. The Kier molecular flexibility index (Phi) is 12.2. The maximum absolute atomic E-state index is 11.0. The van der Waals surface area contributed by atoms with E-state index in [0.29, 0.717) is 29.0 Å². The largest absolute Gasteiger partial charge is 0.469 e. The van der Waals surface area contributed by atoms with Gasteiger partial charge in [0.15, 0.2) is 5.96 Å². The molecule has 0 bridgehead atoms. The van der Waals surface area contributed by atoms with E-state index < -0.39 is 0 Å². The first-order chi connectivity index (χ1) is 10.9. The second-order valence-electron chi connectivity index (χ2n) is 5.19. The van der Waals surface area contributed by atoms with E-state index in [4.69, 9.17) is 28.9 Å². The smallest absolute Gasteiger partial charge is 0.305 e. The van der Waals surface area contributed by atoms with Gasteiger partial charge in [-0.25, -0.2) is 0 Å². The molecule has 1 rings (SSSR count). The van der Waals surface area contributed by atoms with Gasteiger partial charge in [0, 0.05) is 23.0 Å². The van der Waals surface area contributed by atoms with Crippen LogP contribution in [0.2, 0.25) is 10.0 Å². The number of aliphatic imine (C=N–C) groups is 1. The van der Waals surface area contributed by atoms with Crippen LogP contribution >= 0.6 is 47.2 Å². The minimum absolute atomic E-state index is 0. The number of esters is 1. The number of hydrogen-bond donors (Lipinski definition) is 2. The lowest BCUT2D eigenvalue weighted by Gasteiger charge is -2.16. The summed E-state index contributed by atoms with van der Waals surface area (Å²) in [7, 11) is 1.40. The SMILES string of the molecule is COC(=O)CCCCCN=C(N)NC(C)c1ccc(Cl)cc1Cl.I. The van der Waals surface area contributed by atoms with Gasteiger partial charge >= 0.3 is 5.97 Å². The second-order valence-corrected chi connectivity index (χ2v) is 6.03. The number of halogens is 3. The van der Waals surface area contributed by atoms with Crippen LogP contribution in [0.25, 0.3) is 0 Å². The molecule has 5 nitrogen and oxygen atoms in total. The number of nitrogens with zero attached hydrogens (tertiary/aromatic N) is 1. The molecule has 1 aromatic carbocycles. The predicted octanol–water partition coefficient (Wildman–Crippen LogP) is 4.31. The van der Waals surface area contributed by atoms with Crippen LogP contribution in [0.1, 0.15) is 44.2 Å². The van der Waals surface area contributed by atoms with Crippen LogP contribution in [0, 0.1) is 0 Å². The normalized spacial score (nSPS) is 12.2. The first-order valence-electron chi connectivity index (χ1n) is 7.52. The van der Waals surface area contributed by atoms with Crippen molar-refractivity contribution < 1.29 is 9.53 Å². The number of carbonyl (C=O) groups excluding carboxylic acids is 1. The van der Waals surface area contributed by atoms with Crippen molar-refractivity contribution in [2.24, 2.45) is 10.7 Å². The van der Waals surface area contributed by atoms with Crippen molar-refractivity contribution in [3.63, 3.8) is 0 Å². The zero-order valence-electron chi connectivity index (χ0n) is 13.9. The van der Waals surface area contributed by atoms with Crippen molar-refractivity contribution in [1.29, 1.82) is 0 Å². The highest BCUT2D eigenvalue weighted by atomic mass is 127. The monoisotopic (exact) mass is 487 g/mol. The average Bonchev–Trinajstić information content (AvgIpc) is 2.50. The fraction of sp³-hybridized carbons (Fsp3) is 0.500. The molecule has 0 spiro atoms. The van der Waals surface area contributed by atoms with Crippen molar-refractivity contribution in [2.45, 2.75) is 38.6 Å². The number of rotatable bonds is 8. The first kappa shape index (κ1) is 23.3. The molecule has 136 valence electrons. The quantitative estimate of drug-likeness (QED) is 0.188. The van der Waals surface area contributed by atoms with E-state index in [0.717, 1.165) is 24.8 Å². The summed E-state index contributed by atoms with van der Waals surface area (Å²) in [6, 6.07) is 5.28. The van der Waals surface area contributed by atoms with Gasteiger partial charge < -0.3 is 15.8 Å². The highest BCUT2D eigenvalue weighted by Gasteiger charge is 2.10. The van der Waals surface area contributed by atoms with Crippen molar-refractivity contribution in [3.8, 4) is 0 Å². The summed E-state index contributed by atoms with van der Waals surface area (Å²) in [4.78, 5) is 15.2. The molecule has 3 N–H and O–H groups in total. The number of methoxy groups -OCH3 is 1. The highest BCUT2D eigenvalue weighted by Crippen LogP contribution is 2.25. The molecule has 0 radical (unpaired) electrons. The third-order valence-electron chi connectivity index (χ3n) is 3.34. The molecule has 0 fully saturated rings. The molecule has 0 aliphatic heterocycles. The molecule has 0 amide bonds. The maximum Gasteiger partial charge on any atom is 0.305 e. The van der Waals surface area contributed by atoms with E-state index in [-0.39, 0.29) is 36.0 Å². The Labute approximate surface area is 170 Å². The number of hydrogen-bond acceptors (Lipinski definition) is 3. The molecule has 0 saturated carbocycles. The third-order valence-corrected chi connectivity index (χ3v) is 3.90. The lowest BCUT2D eigenvalue weighted by atomic mass is 10.1. The number of ether oxygens (including phenoxy) is 1. The van der Waals surface area contributed by atoms with Gasteiger partial charge in [-0.2, -0.15) is 0 Å². The molecule has 0 aliphatic rings. The van der Waals surface area contributed by atoms with Crippen LogP contribution in [0.4, 0.5) is 0 Å². The Morgan fingerprint density at radius 2 is 2.04 bits per heavy atom. The standard InChI is InChI=1S/C16H23Cl2N3O2.HI/c1-11(13-8-7-12(17)10-14(13)18)21-16(19)20-9-5-3-4-6-15(22)23-2;/h7-8,10-11H,3-6,9H2,1-2H3,(H3,19,20,21);1H. The summed E-state index contributed by atoms with van der Waals surface area (Å²) in [5, 5.41) is 4.29. The van der Waals surface area contributed by atoms with Crippen molar-refractivity contribution in [1.82, 2.24) is 5.32 Å². The zero-order valence-corrected chi connectivity index (χ0v) is 17.7. The summed E-state index contributed by atoms with van der Waals surface area (Å²) in [5.74, 6) is 0.194. The lowest BCUT2D eigenvalue weighted by molar-refractivity contribution is -0.140. The molecular weight excluding hydrogens is 464 g/mol. The number of benzene rings is 1. The summed E-state index contributed by atoms with van der Waals surface area (Å²) >= 11 is 12.0. The highest BCUT2D eigenvalue weighted by molar-refractivity contribution is 14.0. The first-order valence-corrected chi connectivity index (χ1v) is 8.28. The van der Waals surface area contributed by atoms with E-state index in [2.05, 4.69) is 15.0 Å². The van der Waals surface area contributed by atoms with Crippen molar-refractivity contribution in [3.05, 3.63) is 33.8 Å². The predicted molar refractivity (Wildman–Crippen MR) is 110 cm³/mol. The summed E-state index contributed by atoms with van der Waals surface area (Å²) in [6.45, 7) is 2.56.